The van der Waals surface area contributed by atoms with Gasteiger partial charge in [0.05, 0.1) is 35.1 Å². The monoisotopic (exact) mass is 781 g/mol. The number of pyridine rings is 2. The number of methoxy groups -OCH3 is 1. The molecular weight excluding hydrogens is 743 g/mol. The minimum Gasteiger partial charge on any atom is -0.481 e. The Balaban J connectivity index is 1.13. The number of alkyl halides is 2. The summed E-state index contributed by atoms with van der Waals surface area (Å²) in [6.07, 6.45) is 1.78. The number of nitrogens with zero attached hydrogens (tertiary/aromatic N) is 5. The van der Waals surface area contributed by atoms with Crippen LogP contribution in [-0.2, 0) is 22.6 Å². The van der Waals surface area contributed by atoms with Crippen LogP contribution in [-0.4, -0.2) is 101 Å². The Kier molecular flexibility index (Phi) is 10.9. The lowest BCUT2D eigenvalue weighted by atomic mass is 9.72. The molecule has 3 saturated heterocycles. The summed E-state index contributed by atoms with van der Waals surface area (Å²) >= 11 is 14.1. The Morgan fingerprint density at radius 3 is 2.39 bits per heavy atom. The number of hydrogen-bond donors (Lipinski definition) is 1. The molecule has 3 aliphatic rings. The van der Waals surface area contributed by atoms with Crippen LogP contribution in [0.2, 0.25) is 10.0 Å². The first-order valence-corrected chi connectivity index (χ1v) is 18.3. The van der Waals surface area contributed by atoms with Gasteiger partial charge in [-0.05, 0) is 37.1 Å². The van der Waals surface area contributed by atoms with E-state index < -0.39 is 12.7 Å². The molecule has 7 rings (SSSR count). The molecule has 0 radical (unpaired) electrons. The molecule has 11 nitrogen and oxygen atoms in total. The van der Waals surface area contributed by atoms with E-state index in [0.717, 1.165) is 13.1 Å². The van der Waals surface area contributed by atoms with Gasteiger partial charge >= 0.3 is 12.7 Å². The van der Waals surface area contributed by atoms with Gasteiger partial charge in [-0.3, -0.25) is 14.7 Å². The summed E-state index contributed by atoms with van der Waals surface area (Å²) in [4.78, 5) is 38.4. The molecule has 2 aromatic carbocycles. The molecule has 0 saturated carbocycles. The summed E-state index contributed by atoms with van der Waals surface area (Å²) in [6.45, 7) is 3.04. The second kappa shape index (κ2) is 15.7. The van der Waals surface area contributed by atoms with Crippen molar-refractivity contribution < 1.29 is 37.7 Å². The molecule has 4 aromatic rings. The standard InChI is InChI=1S/C39H39Cl2F2N5O6/c1-23(49)47-21-39(22-47)19-46(20-39)17-25-7-6-24(16-32(25)54-37(42)43)35-34(41)29(10-13-44-35)28-4-3-5-30(33(28)40)31-9-8-26(36(45-31)52-2)18-48(38(50)51)27-11-14-53-15-12-27/h3-10,13,16,27,37H,11-12,14-15,17-22H2,1-2H3,(H,50,51). The average molecular weight is 783 g/mol. The summed E-state index contributed by atoms with van der Waals surface area (Å²) in [5.41, 5.74) is 4.40. The zero-order valence-corrected chi connectivity index (χ0v) is 31.2. The molecular formula is C39H39Cl2F2N5O6. The number of rotatable bonds is 11. The zero-order valence-electron chi connectivity index (χ0n) is 29.7. The quantitative estimate of drug-likeness (QED) is 0.163. The second-order valence-electron chi connectivity index (χ2n) is 14.0. The van der Waals surface area contributed by atoms with Gasteiger partial charge in [0.2, 0.25) is 11.8 Å². The van der Waals surface area contributed by atoms with E-state index in [4.69, 9.17) is 42.4 Å². The predicted octanol–water partition coefficient (Wildman–Crippen LogP) is 7.72. The van der Waals surface area contributed by atoms with Crippen LogP contribution in [0.1, 0.15) is 30.9 Å². The van der Waals surface area contributed by atoms with Crippen molar-refractivity contribution in [3.05, 3.63) is 82.0 Å². The van der Waals surface area contributed by atoms with Crippen molar-refractivity contribution in [3.8, 4) is 45.3 Å². The Hall–Kier alpha value is -4.56. The molecule has 2 aromatic heterocycles. The van der Waals surface area contributed by atoms with Gasteiger partial charge in [0.15, 0.2) is 0 Å². The highest BCUT2D eigenvalue weighted by Crippen LogP contribution is 2.44. The largest absolute Gasteiger partial charge is 0.481 e. The van der Waals surface area contributed by atoms with Gasteiger partial charge in [0, 0.05) is 104 Å². The third kappa shape index (κ3) is 7.68. The highest BCUT2D eigenvalue weighted by Gasteiger charge is 2.52. The number of aromatic nitrogens is 2. The van der Waals surface area contributed by atoms with E-state index in [1.54, 1.807) is 43.5 Å². The number of carbonyl (C=O) groups is 2. The minimum absolute atomic E-state index is 0.0356. The Labute approximate surface area is 321 Å². The van der Waals surface area contributed by atoms with Crippen LogP contribution < -0.4 is 9.47 Å². The Morgan fingerprint density at radius 1 is 1.00 bits per heavy atom. The number of benzene rings is 2. The number of carbonyl (C=O) groups excluding carboxylic acids is 1. The first kappa shape index (κ1) is 37.7. The van der Waals surface area contributed by atoms with Gasteiger partial charge in [0.1, 0.15) is 5.75 Å². The van der Waals surface area contributed by atoms with Crippen molar-refractivity contribution >= 4 is 35.2 Å². The SMILES string of the molecule is COc1nc(-c2cccc(-c3ccnc(-c4ccc(CN5CC6(C5)CN(C(C)=O)C6)c(OC(F)F)c4)c3Cl)c2Cl)ccc1CN(C(=O)O)C1CCOCC1. The molecule has 15 heteroatoms. The van der Waals surface area contributed by atoms with Crippen molar-refractivity contribution in [1.82, 2.24) is 24.7 Å². The van der Waals surface area contributed by atoms with Crippen LogP contribution in [0.4, 0.5) is 13.6 Å². The number of amides is 2. The molecule has 2 amide bonds. The van der Waals surface area contributed by atoms with Gasteiger partial charge in [-0.2, -0.15) is 8.78 Å². The van der Waals surface area contributed by atoms with E-state index in [0.29, 0.717) is 95.5 Å². The van der Waals surface area contributed by atoms with E-state index in [9.17, 15) is 23.5 Å². The van der Waals surface area contributed by atoms with Gasteiger partial charge in [0.25, 0.3) is 0 Å². The van der Waals surface area contributed by atoms with Crippen molar-refractivity contribution in [2.24, 2.45) is 5.41 Å². The summed E-state index contributed by atoms with van der Waals surface area (Å²) in [7, 11) is 1.48. The summed E-state index contributed by atoms with van der Waals surface area (Å²) < 4.78 is 43.3. The van der Waals surface area contributed by atoms with Crippen LogP contribution in [0.5, 0.6) is 11.6 Å². The first-order valence-electron chi connectivity index (χ1n) is 17.6. The average Bonchev–Trinajstić information content (AvgIpc) is 3.12. The Morgan fingerprint density at radius 2 is 1.70 bits per heavy atom. The molecule has 1 spiro atoms. The molecule has 5 heterocycles. The van der Waals surface area contributed by atoms with E-state index in [-0.39, 0.29) is 40.6 Å². The molecule has 0 bridgehead atoms. The topological polar surface area (TPSA) is 118 Å². The van der Waals surface area contributed by atoms with Crippen LogP contribution in [0.3, 0.4) is 0 Å². The number of halogens is 4. The van der Waals surface area contributed by atoms with Crippen molar-refractivity contribution in [3.63, 3.8) is 0 Å². The summed E-state index contributed by atoms with van der Waals surface area (Å²) in [5, 5.41) is 10.6. The van der Waals surface area contributed by atoms with Crippen LogP contribution >= 0.6 is 23.2 Å². The van der Waals surface area contributed by atoms with Gasteiger partial charge in [-0.15, -0.1) is 0 Å². The van der Waals surface area contributed by atoms with Gasteiger partial charge in [-0.1, -0.05) is 53.5 Å². The molecule has 0 atom stereocenters. The van der Waals surface area contributed by atoms with Crippen LogP contribution in [0.15, 0.2) is 60.8 Å². The lowest BCUT2D eigenvalue weighted by molar-refractivity contribution is -0.157. The third-order valence-corrected chi connectivity index (χ3v) is 11.2. The minimum atomic E-state index is -3.03. The molecule has 1 N–H and O–H groups in total. The summed E-state index contributed by atoms with van der Waals surface area (Å²) in [6, 6.07) is 15.6. The maximum atomic E-state index is 13.6. The second-order valence-corrected chi connectivity index (χ2v) is 14.8. The number of ether oxygens (including phenoxy) is 3. The highest BCUT2D eigenvalue weighted by atomic mass is 35.5. The van der Waals surface area contributed by atoms with Crippen LogP contribution in [0, 0.1) is 5.41 Å². The molecule has 3 aliphatic heterocycles. The van der Waals surface area contributed by atoms with E-state index in [2.05, 4.69) is 9.88 Å². The van der Waals surface area contributed by atoms with Gasteiger partial charge in [-0.25, -0.2) is 9.78 Å². The molecule has 0 aliphatic carbocycles. The number of carboxylic acid groups (broad SMARTS) is 1. The fourth-order valence-electron chi connectivity index (χ4n) is 7.72. The fourth-order valence-corrected chi connectivity index (χ4v) is 8.37. The maximum absolute atomic E-state index is 13.6. The third-order valence-electron chi connectivity index (χ3n) is 10.4. The fraction of sp³-hybridized carbons (Fsp3) is 0.385. The summed E-state index contributed by atoms with van der Waals surface area (Å²) in [5.74, 6) is 0.372. The molecule has 54 heavy (non-hydrogen) atoms. The van der Waals surface area contributed by atoms with E-state index >= 15 is 0 Å². The van der Waals surface area contributed by atoms with Crippen molar-refractivity contribution in [2.75, 3.05) is 46.5 Å². The molecule has 284 valence electrons. The zero-order chi connectivity index (χ0) is 38.1. The normalized spacial score (nSPS) is 16.9. The smallest absolute Gasteiger partial charge is 0.407 e. The van der Waals surface area contributed by atoms with Crippen molar-refractivity contribution in [2.45, 2.75) is 45.5 Å². The molecule has 0 unspecified atom stereocenters. The lowest BCUT2D eigenvalue weighted by Crippen LogP contribution is -2.72. The first-order chi connectivity index (χ1) is 25.9. The maximum Gasteiger partial charge on any atom is 0.407 e. The Bertz CT molecular complexity index is 2050. The van der Waals surface area contributed by atoms with E-state index in [1.165, 1.54) is 18.1 Å². The molecule has 3 fully saturated rings. The van der Waals surface area contributed by atoms with E-state index in [1.807, 2.05) is 23.1 Å². The van der Waals surface area contributed by atoms with Crippen molar-refractivity contribution in [1.29, 1.82) is 0 Å². The lowest BCUT2D eigenvalue weighted by Gasteiger charge is -2.60. The highest BCUT2D eigenvalue weighted by molar-refractivity contribution is 6.39. The number of likely N-dealkylation sites (tertiary alicyclic amines) is 2. The number of hydrogen-bond acceptors (Lipinski definition) is 8. The predicted molar refractivity (Wildman–Crippen MR) is 199 cm³/mol. The van der Waals surface area contributed by atoms with Crippen LogP contribution in [0.25, 0.3) is 33.6 Å². The van der Waals surface area contributed by atoms with Gasteiger partial charge < -0.3 is 29.1 Å².